The molecule has 3 aliphatic rings. The second-order valence-electron chi connectivity index (χ2n) is 9.91. The van der Waals surface area contributed by atoms with Crippen LogP contribution in [0, 0.1) is 0 Å². The van der Waals surface area contributed by atoms with E-state index < -0.39 is 6.04 Å². The summed E-state index contributed by atoms with van der Waals surface area (Å²) in [5.41, 5.74) is 0.497. The van der Waals surface area contributed by atoms with Crippen molar-refractivity contribution >= 4 is 17.8 Å². The Hall–Kier alpha value is -1.72. The van der Waals surface area contributed by atoms with E-state index in [9.17, 15) is 14.4 Å². The molecule has 0 radical (unpaired) electrons. The second kappa shape index (κ2) is 15.5. The third-order valence-electron chi connectivity index (χ3n) is 7.29. The molecule has 2 amide bonds. The first-order valence-electron chi connectivity index (χ1n) is 13.3. The van der Waals surface area contributed by atoms with Crippen LogP contribution in [0.1, 0.15) is 56.3 Å². The molecule has 3 heterocycles. The van der Waals surface area contributed by atoms with Crippen LogP contribution in [-0.2, 0) is 14.3 Å². The van der Waals surface area contributed by atoms with Gasteiger partial charge in [0.1, 0.15) is 6.04 Å². The van der Waals surface area contributed by atoms with Gasteiger partial charge in [-0.3, -0.25) is 19.3 Å². The number of ether oxygens (including phenoxy) is 1. The van der Waals surface area contributed by atoms with Crippen molar-refractivity contribution in [3.63, 3.8) is 0 Å². The molecule has 3 saturated heterocycles. The first kappa shape index (κ1) is 30.5. The highest BCUT2D eigenvalue weighted by molar-refractivity contribution is 5.97. The molecule has 202 valence electrons. The zero-order chi connectivity index (χ0) is 25.1. The van der Waals surface area contributed by atoms with Gasteiger partial charge in [-0.2, -0.15) is 0 Å². The Morgan fingerprint density at radius 1 is 1.03 bits per heavy atom. The minimum atomic E-state index is -0.753. The molecule has 3 aliphatic heterocycles. The number of nitrogens with zero attached hydrogens (tertiary/aromatic N) is 3. The first-order valence-corrected chi connectivity index (χ1v) is 13.3. The van der Waals surface area contributed by atoms with Gasteiger partial charge in [-0.05, 0) is 31.4 Å². The Balaban J connectivity index is 0.00000456. The van der Waals surface area contributed by atoms with E-state index in [2.05, 4.69) is 10.2 Å². The molecule has 4 rings (SSSR count). The summed E-state index contributed by atoms with van der Waals surface area (Å²) in [7, 11) is 0. The molecule has 1 atom stereocenters. The van der Waals surface area contributed by atoms with Gasteiger partial charge in [-0.25, -0.2) is 0 Å². The molecule has 0 aromatic heterocycles. The first-order chi connectivity index (χ1) is 17.0. The van der Waals surface area contributed by atoms with E-state index >= 15 is 0 Å². The molecule has 36 heavy (non-hydrogen) atoms. The fourth-order valence-corrected chi connectivity index (χ4v) is 5.17. The Morgan fingerprint density at radius 3 is 2.22 bits per heavy atom. The van der Waals surface area contributed by atoms with Gasteiger partial charge in [0.15, 0.2) is 0 Å². The minimum absolute atomic E-state index is 0. The number of esters is 1. The van der Waals surface area contributed by atoms with Crippen molar-refractivity contribution in [1.29, 1.82) is 0 Å². The van der Waals surface area contributed by atoms with E-state index in [4.69, 9.17) is 4.74 Å². The fraction of sp³-hybridized carbons (Fsp3) is 0.667. The zero-order valence-electron chi connectivity index (χ0n) is 21.9. The fourth-order valence-electron chi connectivity index (χ4n) is 5.17. The lowest BCUT2D eigenvalue weighted by atomic mass is 10.1. The molecule has 1 aromatic rings. The Kier molecular flexibility index (Phi) is 13.1. The van der Waals surface area contributed by atoms with Gasteiger partial charge in [0.25, 0.3) is 5.91 Å². The minimum Gasteiger partial charge on any atom is -1.00 e. The normalized spacial score (nSPS) is 21.2. The number of carbonyl (C=O) groups is 3. The third kappa shape index (κ3) is 8.99. The van der Waals surface area contributed by atoms with Gasteiger partial charge in [0.2, 0.25) is 5.91 Å². The number of carbonyl (C=O) groups excluding carboxylic acids is 3. The summed E-state index contributed by atoms with van der Waals surface area (Å²) in [6.07, 6.45) is 2.87. The molecule has 8 nitrogen and oxygen atoms in total. The van der Waals surface area contributed by atoms with Crippen LogP contribution in [0.2, 0.25) is 0 Å². The van der Waals surface area contributed by atoms with Gasteiger partial charge >= 0.3 is 5.97 Å². The number of nitrogens with one attached hydrogen (secondary N) is 1. The number of rotatable bonds is 14. The maximum atomic E-state index is 13.3. The summed E-state index contributed by atoms with van der Waals surface area (Å²) >= 11 is 0. The summed E-state index contributed by atoms with van der Waals surface area (Å²) < 4.78 is 6.67. The van der Waals surface area contributed by atoms with E-state index in [1.807, 2.05) is 19.9 Å². The average Bonchev–Trinajstić information content (AvgIpc) is 2.90. The van der Waals surface area contributed by atoms with Crippen molar-refractivity contribution < 1.29 is 47.6 Å². The number of hydrogen-bond donors (Lipinski definition) is 1. The monoisotopic (exact) mass is 614 g/mol. The van der Waals surface area contributed by atoms with Gasteiger partial charge in [0.05, 0.1) is 32.8 Å². The third-order valence-corrected chi connectivity index (χ3v) is 7.29. The highest BCUT2D eigenvalue weighted by Crippen LogP contribution is 2.20. The second-order valence-corrected chi connectivity index (χ2v) is 9.91. The molecule has 3 fully saturated rings. The van der Waals surface area contributed by atoms with Gasteiger partial charge in [-0.1, -0.05) is 32.0 Å². The highest BCUT2D eigenvalue weighted by atomic mass is 127. The molecule has 2 bridgehead atoms. The number of halogens is 1. The van der Waals surface area contributed by atoms with E-state index in [0.717, 1.165) is 30.3 Å². The van der Waals surface area contributed by atoms with E-state index in [-0.39, 0.29) is 54.6 Å². The van der Waals surface area contributed by atoms with Crippen LogP contribution in [0.3, 0.4) is 0 Å². The summed E-state index contributed by atoms with van der Waals surface area (Å²) in [6, 6.07) is 8.10. The van der Waals surface area contributed by atoms with E-state index in [1.165, 1.54) is 39.3 Å². The molecule has 1 unspecified atom stereocenters. The average molecular weight is 615 g/mol. The molecule has 9 heteroatoms. The molecular weight excluding hydrogens is 571 g/mol. The number of quaternary nitrogens is 1. The van der Waals surface area contributed by atoms with Crippen LogP contribution < -0.4 is 29.3 Å². The highest BCUT2D eigenvalue weighted by Gasteiger charge is 2.37. The lowest BCUT2D eigenvalue weighted by Crippen LogP contribution is -3.00. The van der Waals surface area contributed by atoms with Gasteiger partial charge in [0, 0.05) is 51.1 Å². The SMILES string of the molecule is CCCN(CCC)C(=O)C(CCC(=O)OCCC[N+]12CCN(CC1)CC2)NC(=O)c1ccccc1.[I-]. The number of amides is 2. The van der Waals surface area contributed by atoms with Crippen molar-refractivity contribution in [2.75, 3.05) is 65.5 Å². The standard InChI is InChI=1S/C27H42N4O4.HI/c1-3-13-30(14-4-2)27(34)24(28-26(33)23-9-6-5-7-10-23)11-12-25(32)35-22-8-18-31-19-15-29(16-20-31)17-21-31;/h5-7,9-10,24H,3-4,8,11-22H2,1-2H3;1H. The maximum Gasteiger partial charge on any atom is 0.305 e. The topological polar surface area (TPSA) is 79.0 Å². The van der Waals surface area contributed by atoms with Crippen LogP contribution in [0.5, 0.6) is 0 Å². The van der Waals surface area contributed by atoms with Crippen molar-refractivity contribution in [3.8, 4) is 0 Å². The Bertz CT molecular complexity index is 811. The number of benzene rings is 1. The Labute approximate surface area is 233 Å². The smallest absolute Gasteiger partial charge is 0.305 e. The molecule has 0 aliphatic carbocycles. The number of fused-ring (bicyclic) bond motifs is 3. The van der Waals surface area contributed by atoms with Crippen molar-refractivity contribution in [2.45, 2.75) is 52.0 Å². The predicted octanol–water partition coefficient (Wildman–Crippen LogP) is -0.703. The van der Waals surface area contributed by atoms with Crippen LogP contribution >= 0.6 is 0 Å². The van der Waals surface area contributed by atoms with Crippen molar-refractivity contribution in [2.24, 2.45) is 0 Å². The Morgan fingerprint density at radius 2 is 1.64 bits per heavy atom. The van der Waals surface area contributed by atoms with Crippen LogP contribution in [0.25, 0.3) is 0 Å². The molecule has 1 aromatic carbocycles. The molecule has 1 N–H and O–H groups in total. The molecule has 0 saturated carbocycles. The zero-order valence-corrected chi connectivity index (χ0v) is 24.1. The summed E-state index contributed by atoms with van der Waals surface area (Å²) in [6.45, 7) is 13.9. The molecular formula is C27H43IN4O4. The lowest BCUT2D eigenvalue weighted by molar-refractivity contribution is -0.941. The lowest BCUT2D eigenvalue weighted by Gasteiger charge is -2.50. The largest absolute Gasteiger partial charge is 1.00 e. The van der Waals surface area contributed by atoms with Gasteiger partial charge < -0.3 is 43.4 Å². The number of hydrogen-bond acceptors (Lipinski definition) is 5. The quantitative estimate of drug-likeness (QED) is 0.130. The molecule has 0 spiro atoms. The van der Waals surface area contributed by atoms with Crippen molar-refractivity contribution in [1.82, 2.24) is 15.1 Å². The summed E-state index contributed by atoms with van der Waals surface area (Å²) in [5.74, 6) is -0.746. The summed E-state index contributed by atoms with van der Waals surface area (Å²) in [5, 5.41) is 2.87. The van der Waals surface area contributed by atoms with Crippen LogP contribution in [-0.4, -0.2) is 104 Å². The van der Waals surface area contributed by atoms with E-state index in [1.54, 1.807) is 29.2 Å². The van der Waals surface area contributed by atoms with Crippen molar-refractivity contribution in [3.05, 3.63) is 35.9 Å². The predicted molar refractivity (Wildman–Crippen MR) is 136 cm³/mol. The van der Waals surface area contributed by atoms with Crippen LogP contribution in [0.4, 0.5) is 0 Å². The maximum absolute atomic E-state index is 13.3. The van der Waals surface area contributed by atoms with Crippen LogP contribution in [0.15, 0.2) is 30.3 Å². The summed E-state index contributed by atoms with van der Waals surface area (Å²) in [4.78, 5) is 42.8. The van der Waals surface area contributed by atoms with Gasteiger partial charge in [-0.15, -0.1) is 0 Å². The van der Waals surface area contributed by atoms with E-state index in [0.29, 0.717) is 25.3 Å². The number of piperazine rings is 3.